The van der Waals surface area contributed by atoms with Crippen LogP contribution in [0.15, 0.2) is 30.3 Å². The molecule has 0 spiro atoms. The Labute approximate surface area is 128 Å². The lowest BCUT2D eigenvalue weighted by atomic mass is 9.84. The number of hydrogen-bond acceptors (Lipinski definition) is 4. The van der Waals surface area contributed by atoms with E-state index in [0.29, 0.717) is 0 Å². The van der Waals surface area contributed by atoms with Crippen LogP contribution in [0.5, 0.6) is 0 Å². The molecule has 5 nitrogen and oxygen atoms in total. The standard InChI is InChI=1S/C14H5Cl2NO4/c15-8-5-9(17(20)21)12(16)11-10(8)13(18)6-3-1-2-4-7(6)14(11)19/h1-5H. The van der Waals surface area contributed by atoms with E-state index >= 15 is 0 Å². The highest BCUT2D eigenvalue weighted by Crippen LogP contribution is 2.40. The lowest BCUT2D eigenvalue weighted by Crippen LogP contribution is -2.22. The van der Waals surface area contributed by atoms with E-state index in [1.165, 1.54) is 12.1 Å². The SMILES string of the molecule is O=C1c2ccccc2C(=O)c2c(Cl)c([N+](=O)[O-])cc(Cl)c21. The number of nitro groups is 1. The van der Waals surface area contributed by atoms with Crippen LogP contribution in [0.1, 0.15) is 31.8 Å². The number of nitro benzene ring substituents is 1. The fraction of sp³-hybridized carbons (Fsp3) is 0. The molecule has 0 unspecified atom stereocenters. The summed E-state index contributed by atoms with van der Waals surface area (Å²) in [6, 6.07) is 7.19. The second-order valence-corrected chi connectivity index (χ2v) is 5.19. The fourth-order valence-electron chi connectivity index (χ4n) is 2.33. The van der Waals surface area contributed by atoms with E-state index in [9.17, 15) is 19.7 Å². The van der Waals surface area contributed by atoms with Crippen molar-refractivity contribution in [1.29, 1.82) is 0 Å². The van der Waals surface area contributed by atoms with Gasteiger partial charge in [0.1, 0.15) is 5.02 Å². The van der Waals surface area contributed by atoms with Gasteiger partial charge in [0.2, 0.25) is 0 Å². The van der Waals surface area contributed by atoms with Gasteiger partial charge in [-0.15, -0.1) is 0 Å². The van der Waals surface area contributed by atoms with Crippen molar-refractivity contribution >= 4 is 40.5 Å². The molecule has 0 saturated carbocycles. The zero-order valence-corrected chi connectivity index (χ0v) is 11.7. The van der Waals surface area contributed by atoms with Crippen LogP contribution in [0, 0.1) is 10.1 Å². The third kappa shape index (κ3) is 1.86. The Morgan fingerprint density at radius 1 is 0.952 bits per heavy atom. The summed E-state index contributed by atoms with van der Waals surface area (Å²) in [6.45, 7) is 0. The van der Waals surface area contributed by atoms with Gasteiger partial charge in [0.25, 0.3) is 5.69 Å². The van der Waals surface area contributed by atoms with Crippen LogP contribution in [0.25, 0.3) is 0 Å². The molecule has 0 aliphatic heterocycles. The van der Waals surface area contributed by atoms with Crippen LogP contribution in [0.4, 0.5) is 5.69 Å². The van der Waals surface area contributed by atoms with Gasteiger partial charge < -0.3 is 0 Å². The molecule has 3 rings (SSSR count). The Morgan fingerprint density at radius 3 is 2.00 bits per heavy atom. The van der Waals surface area contributed by atoms with Crippen molar-refractivity contribution in [2.45, 2.75) is 0 Å². The van der Waals surface area contributed by atoms with Crippen LogP contribution in [-0.2, 0) is 0 Å². The summed E-state index contributed by atoms with van der Waals surface area (Å²) in [7, 11) is 0. The number of carbonyl (C=O) groups is 2. The molecule has 21 heavy (non-hydrogen) atoms. The van der Waals surface area contributed by atoms with Crippen LogP contribution in [0.3, 0.4) is 0 Å². The minimum absolute atomic E-state index is 0.0871. The molecule has 104 valence electrons. The average Bonchev–Trinajstić information content (AvgIpc) is 2.46. The van der Waals surface area contributed by atoms with E-state index in [1.54, 1.807) is 12.1 Å². The molecule has 0 atom stereocenters. The van der Waals surface area contributed by atoms with Crippen molar-refractivity contribution in [1.82, 2.24) is 0 Å². The molecular weight excluding hydrogens is 317 g/mol. The van der Waals surface area contributed by atoms with E-state index in [1.807, 2.05) is 0 Å². The highest BCUT2D eigenvalue weighted by Gasteiger charge is 2.36. The van der Waals surface area contributed by atoms with E-state index in [0.717, 1.165) is 6.07 Å². The second-order valence-electron chi connectivity index (χ2n) is 4.40. The van der Waals surface area contributed by atoms with Gasteiger partial charge in [0.05, 0.1) is 21.1 Å². The van der Waals surface area contributed by atoms with Crippen LogP contribution < -0.4 is 0 Å². The van der Waals surface area contributed by atoms with Gasteiger partial charge >= 0.3 is 0 Å². The summed E-state index contributed by atoms with van der Waals surface area (Å²) in [5.74, 6) is -1.02. The number of rotatable bonds is 1. The highest BCUT2D eigenvalue weighted by atomic mass is 35.5. The molecule has 0 aromatic heterocycles. The third-order valence-corrected chi connectivity index (χ3v) is 3.94. The average molecular weight is 322 g/mol. The second kappa shape index (κ2) is 4.65. The van der Waals surface area contributed by atoms with Gasteiger partial charge in [-0.25, -0.2) is 0 Å². The molecule has 2 aromatic rings. The van der Waals surface area contributed by atoms with Crippen molar-refractivity contribution in [2.75, 3.05) is 0 Å². The van der Waals surface area contributed by atoms with Crippen molar-refractivity contribution in [2.24, 2.45) is 0 Å². The summed E-state index contributed by atoms with van der Waals surface area (Å²) in [5, 5.41) is 10.4. The third-order valence-electron chi connectivity index (χ3n) is 3.26. The molecule has 0 fully saturated rings. The number of fused-ring (bicyclic) bond motifs is 2. The minimum Gasteiger partial charge on any atom is -0.289 e. The molecule has 0 N–H and O–H groups in total. The number of carbonyl (C=O) groups excluding carboxylic acids is 2. The van der Waals surface area contributed by atoms with Crippen molar-refractivity contribution in [3.63, 3.8) is 0 Å². The fourth-order valence-corrected chi connectivity index (χ4v) is 2.92. The Balaban J connectivity index is 2.41. The van der Waals surface area contributed by atoms with Gasteiger partial charge in [-0.05, 0) is 0 Å². The molecule has 7 heteroatoms. The van der Waals surface area contributed by atoms with Gasteiger partial charge in [-0.3, -0.25) is 19.7 Å². The van der Waals surface area contributed by atoms with Gasteiger partial charge in [0.15, 0.2) is 11.6 Å². The Bertz CT molecular complexity index is 845. The number of benzene rings is 2. The Hall–Kier alpha value is -2.24. The smallest absolute Gasteiger partial charge is 0.289 e. The molecular formula is C14H5Cl2NO4. The molecule has 0 radical (unpaired) electrons. The van der Waals surface area contributed by atoms with Crippen LogP contribution in [0.2, 0.25) is 10.0 Å². The summed E-state index contributed by atoms with van der Waals surface area (Å²) >= 11 is 11.9. The Morgan fingerprint density at radius 2 is 1.48 bits per heavy atom. The summed E-state index contributed by atoms with van der Waals surface area (Å²) in [4.78, 5) is 35.1. The van der Waals surface area contributed by atoms with Crippen molar-refractivity contribution in [3.05, 3.63) is 72.7 Å². The molecule has 0 heterocycles. The number of hydrogen-bond donors (Lipinski definition) is 0. The highest BCUT2D eigenvalue weighted by molar-refractivity contribution is 6.44. The normalized spacial score (nSPS) is 12.9. The molecule has 0 saturated heterocycles. The van der Waals surface area contributed by atoms with E-state index in [-0.39, 0.29) is 32.3 Å². The van der Waals surface area contributed by atoms with Crippen molar-refractivity contribution in [3.8, 4) is 0 Å². The first-order valence-corrected chi connectivity index (χ1v) is 6.54. The molecule has 1 aliphatic rings. The predicted octanol–water partition coefficient (Wildman–Crippen LogP) is 3.68. The van der Waals surface area contributed by atoms with Crippen LogP contribution >= 0.6 is 23.2 Å². The zero-order valence-electron chi connectivity index (χ0n) is 10.2. The van der Waals surface area contributed by atoms with Crippen molar-refractivity contribution < 1.29 is 14.5 Å². The number of nitrogens with zero attached hydrogens (tertiary/aromatic N) is 1. The van der Waals surface area contributed by atoms with Gasteiger partial charge in [-0.2, -0.15) is 0 Å². The molecule has 2 aromatic carbocycles. The lowest BCUT2D eigenvalue weighted by molar-refractivity contribution is -0.384. The van der Waals surface area contributed by atoms with Crippen LogP contribution in [-0.4, -0.2) is 16.5 Å². The lowest BCUT2D eigenvalue weighted by Gasteiger charge is -2.19. The van der Waals surface area contributed by atoms with E-state index in [4.69, 9.17) is 23.2 Å². The maximum absolute atomic E-state index is 12.5. The number of ketones is 2. The quantitative estimate of drug-likeness (QED) is 0.506. The first-order valence-electron chi connectivity index (χ1n) is 5.78. The minimum atomic E-state index is -0.743. The molecule has 0 bridgehead atoms. The van der Waals surface area contributed by atoms with E-state index in [2.05, 4.69) is 0 Å². The first-order chi connectivity index (χ1) is 9.93. The maximum Gasteiger partial charge on any atom is 0.290 e. The Kier molecular flexibility index (Phi) is 3.04. The topological polar surface area (TPSA) is 77.3 Å². The van der Waals surface area contributed by atoms with E-state index < -0.39 is 22.2 Å². The largest absolute Gasteiger partial charge is 0.290 e. The molecule has 0 amide bonds. The zero-order chi connectivity index (χ0) is 15.3. The van der Waals surface area contributed by atoms with Gasteiger partial charge in [-0.1, -0.05) is 47.5 Å². The first kappa shape index (κ1) is 13.7. The molecule has 1 aliphatic carbocycles. The predicted molar refractivity (Wildman–Crippen MR) is 76.4 cm³/mol. The monoisotopic (exact) mass is 321 g/mol. The maximum atomic E-state index is 12.5. The summed E-state index contributed by atoms with van der Waals surface area (Å²) < 4.78 is 0. The number of halogens is 2. The van der Waals surface area contributed by atoms with Gasteiger partial charge in [0, 0.05) is 17.2 Å². The summed E-state index contributed by atoms with van der Waals surface area (Å²) in [5.41, 5.74) is -0.424. The summed E-state index contributed by atoms with van der Waals surface area (Å²) in [6.07, 6.45) is 0.